The first kappa shape index (κ1) is 11.4. The maximum absolute atomic E-state index is 5.98. The van der Waals surface area contributed by atoms with Crippen LogP contribution in [0.3, 0.4) is 0 Å². The fourth-order valence-electron chi connectivity index (χ4n) is 2.25. The van der Waals surface area contributed by atoms with Gasteiger partial charge in [-0.2, -0.15) is 0 Å². The van der Waals surface area contributed by atoms with Gasteiger partial charge in [0.15, 0.2) is 0 Å². The number of rotatable bonds is 4. The second-order valence-corrected chi connectivity index (χ2v) is 4.36. The van der Waals surface area contributed by atoms with E-state index in [-0.39, 0.29) is 5.60 Å². The van der Waals surface area contributed by atoms with Crippen LogP contribution in [0.25, 0.3) is 0 Å². The standard InChI is InChI=1S/C14H19NO/c1-2-8-14(12-15-9-10-16-14)11-13-6-4-3-5-7-13/h2-7,15H,1,8-12H2. The molecule has 1 unspecified atom stereocenters. The van der Waals surface area contributed by atoms with Gasteiger partial charge in [-0.25, -0.2) is 0 Å². The summed E-state index contributed by atoms with van der Waals surface area (Å²) in [5, 5.41) is 3.41. The van der Waals surface area contributed by atoms with E-state index >= 15 is 0 Å². The normalized spacial score (nSPS) is 25.2. The molecule has 0 spiro atoms. The molecular formula is C14H19NO. The third-order valence-electron chi connectivity index (χ3n) is 3.02. The van der Waals surface area contributed by atoms with Gasteiger partial charge in [0.1, 0.15) is 0 Å². The number of nitrogens with one attached hydrogen (secondary N) is 1. The first-order valence-corrected chi connectivity index (χ1v) is 5.84. The minimum Gasteiger partial charge on any atom is -0.372 e. The molecule has 2 nitrogen and oxygen atoms in total. The van der Waals surface area contributed by atoms with Crippen LogP contribution in [0.4, 0.5) is 0 Å². The summed E-state index contributed by atoms with van der Waals surface area (Å²) in [4.78, 5) is 0. The molecule has 1 atom stereocenters. The molecule has 0 saturated carbocycles. The molecule has 1 heterocycles. The largest absolute Gasteiger partial charge is 0.372 e. The Labute approximate surface area is 97.3 Å². The Balaban J connectivity index is 2.10. The highest BCUT2D eigenvalue weighted by Crippen LogP contribution is 2.23. The molecule has 1 aliphatic heterocycles. The van der Waals surface area contributed by atoms with Crippen LogP contribution in [0.15, 0.2) is 43.0 Å². The fourth-order valence-corrected chi connectivity index (χ4v) is 2.25. The second kappa shape index (κ2) is 5.28. The van der Waals surface area contributed by atoms with Crippen molar-refractivity contribution < 1.29 is 4.74 Å². The lowest BCUT2D eigenvalue weighted by Gasteiger charge is -2.37. The number of hydrogen-bond donors (Lipinski definition) is 1. The summed E-state index contributed by atoms with van der Waals surface area (Å²) in [7, 11) is 0. The topological polar surface area (TPSA) is 21.3 Å². The summed E-state index contributed by atoms with van der Waals surface area (Å²) in [6.07, 6.45) is 3.80. The predicted octanol–water partition coefficient (Wildman–Crippen LogP) is 2.16. The first-order valence-electron chi connectivity index (χ1n) is 5.84. The minimum atomic E-state index is -0.0959. The predicted molar refractivity (Wildman–Crippen MR) is 66.5 cm³/mol. The molecule has 1 saturated heterocycles. The maximum atomic E-state index is 5.98. The molecule has 0 bridgehead atoms. The van der Waals surface area contributed by atoms with Crippen molar-refractivity contribution >= 4 is 0 Å². The Morgan fingerprint density at radius 1 is 1.38 bits per heavy atom. The van der Waals surface area contributed by atoms with Crippen LogP contribution in [0, 0.1) is 0 Å². The van der Waals surface area contributed by atoms with Crippen molar-refractivity contribution in [3.05, 3.63) is 48.6 Å². The zero-order valence-electron chi connectivity index (χ0n) is 9.61. The SMILES string of the molecule is C=CCC1(Cc2ccccc2)CNCCO1. The van der Waals surface area contributed by atoms with Crippen molar-refractivity contribution in [1.29, 1.82) is 0 Å². The lowest BCUT2D eigenvalue weighted by molar-refractivity contribution is -0.0631. The van der Waals surface area contributed by atoms with Gasteiger partial charge in [-0.15, -0.1) is 6.58 Å². The van der Waals surface area contributed by atoms with Crippen molar-refractivity contribution in [3.8, 4) is 0 Å². The fraction of sp³-hybridized carbons (Fsp3) is 0.429. The third kappa shape index (κ3) is 2.71. The van der Waals surface area contributed by atoms with E-state index < -0.39 is 0 Å². The molecule has 86 valence electrons. The van der Waals surface area contributed by atoms with E-state index in [0.29, 0.717) is 0 Å². The summed E-state index contributed by atoms with van der Waals surface area (Å²) < 4.78 is 5.98. The van der Waals surface area contributed by atoms with Crippen LogP contribution < -0.4 is 5.32 Å². The average Bonchev–Trinajstić information content (AvgIpc) is 2.31. The van der Waals surface area contributed by atoms with Gasteiger partial charge < -0.3 is 10.1 Å². The number of benzene rings is 1. The Morgan fingerprint density at radius 2 is 2.19 bits per heavy atom. The Morgan fingerprint density at radius 3 is 2.81 bits per heavy atom. The van der Waals surface area contributed by atoms with Gasteiger partial charge in [0.2, 0.25) is 0 Å². The highest BCUT2D eigenvalue weighted by Gasteiger charge is 2.31. The molecule has 1 fully saturated rings. The second-order valence-electron chi connectivity index (χ2n) is 4.36. The molecule has 1 aromatic rings. The molecule has 0 aromatic heterocycles. The van der Waals surface area contributed by atoms with E-state index in [2.05, 4.69) is 36.2 Å². The van der Waals surface area contributed by atoms with E-state index in [1.165, 1.54) is 5.56 Å². The van der Waals surface area contributed by atoms with Crippen LogP contribution in [-0.2, 0) is 11.2 Å². The highest BCUT2D eigenvalue weighted by molar-refractivity contribution is 5.18. The smallest absolute Gasteiger partial charge is 0.0881 e. The van der Waals surface area contributed by atoms with Crippen molar-refractivity contribution in [2.24, 2.45) is 0 Å². The van der Waals surface area contributed by atoms with Crippen LogP contribution in [0.2, 0.25) is 0 Å². The summed E-state index contributed by atoms with van der Waals surface area (Å²) in [6, 6.07) is 10.5. The van der Waals surface area contributed by atoms with Gasteiger partial charge in [-0.3, -0.25) is 0 Å². The molecule has 2 heteroatoms. The van der Waals surface area contributed by atoms with Gasteiger partial charge in [-0.1, -0.05) is 36.4 Å². The molecule has 0 amide bonds. The quantitative estimate of drug-likeness (QED) is 0.780. The monoisotopic (exact) mass is 217 g/mol. The van der Waals surface area contributed by atoms with Crippen LogP contribution in [0.5, 0.6) is 0 Å². The molecule has 1 aliphatic rings. The van der Waals surface area contributed by atoms with E-state index in [9.17, 15) is 0 Å². The molecule has 0 radical (unpaired) electrons. The highest BCUT2D eigenvalue weighted by atomic mass is 16.5. The Bertz CT molecular complexity index is 328. The van der Waals surface area contributed by atoms with Gasteiger partial charge in [0.25, 0.3) is 0 Å². The van der Waals surface area contributed by atoms with Crippen molar-refractivity contribution in [2.75, 3.05) is 19.7 Å². The molecule has 1 aromatic carbocycles. The first-order chi connectivity index (χ1) is 7.85. The van der Waals surface area contributed by atoms with Crippen molar-refractivity contribution in [3.63, 3.8) is 0 Å². The lowest BCUT2D eigenvalue weighted by atomic mass is 9.90. The van der Waals surface area contributed by atoms with E-state index in [1.807, 2.05) is 12.1 Å². The lowest BCUT2D eigenvalue weighted by Crippen LogP contribution is -2.50. The number of hydrogen-bond acceptors (Lipinski definition) is 2. The molecule has 1 N–H and O–H groups in total. The van der Waals surface area contributed by atoms with Gasteiger partial charge >= 0.3 is 0 Å². The zero-order valence-corrected chi connectivity index (χ0v) is 9.61. The summed E-state index contributed by atoms with van der Waals surface area (Å²) in [5.74, 6) is 0. The average molecular weight is 217 g/mol. The van der Waals surface area contributed by atoms with Gasteiger partial charge in [0, 0.05) is 19.5 Å². The zero-order chi connectivity index (χ0) is 11.3. The third-order valence-corrected chi connectivity index (χ3v) is 3.02. The van der Waals surface area contributed by atoms with E-state index in [1.54, 1.807) is 0 Å². The molecule has 16 heavy (non-hydrogen) atoms. The summed E-state index contributed by atoms with van der Waals surface area (Å²) in [6.45, 7) is 6.49. The molecule has 0 aliphatic carbocycles. The summed E-state index contributed by atoms with van der Waals surface area (Å²) >= 11 is 0. The van der Waals surface area contributed by atoms with Crippen molar-refractivity contribution in [1.82, 2.24) is 5.32 Å². The van der Waals surface area contributed by atoms with Gasteiger partial charge in [0.05, 0.1) is 12.2 Å². The van der Waals surface area contributed by atoms with Crippen LogP contribution >= 0.6 is 0 Å². The number of ether oxygens (including phenoxy) is 1. The van der Waals surface area contributed by atoms with Crippen LogP contribution in [0.1, 0.15) is 12.0 Å². The van der Waals surface area contributed by atoms with Crippen molar-refractivity contribution in [2.45, 2.75) is 18.4 Å². The van der Waals surface area contributed by atoms with E-state index in [4.69, 9.17) is 4.74 Å². The Hall–Kier alpha value is -1.12. The Kier molecular flexibility index (Phi) is 3.75. The molecule has 2 rings (SSSR count). The number of morpholine rings is 1. The molecular weight excluding hydrogens is 198 g/mol. The maximum Gasteiger partial charge on any atom is 0.0881 e. The summed E-state index contributed by atoms with van der Waals surface area (Å²) in [5.41, 5.74) is 1.23. The minimum absolute atomic E-state index is 0.0959. The van der Waals surface area contributed by atoms with Gasteiger partial charge in [-0.05, 0) is 12.0 Å². The van der Waals surface area contributed by atoms with Crippen LogP contribution in [-0.4, -0.2) is 25.3 Å². The van der Waals surface area contributed by atoms with E-state index in [0.717, 1.165) is 32.5 Å².